The van der Waals surface area contributed by atoms with Gasteiger partial charge in [-0.2, -0.15) is 10.1 Å². The Hall–Kier alpha value is -1.63. The molecule has 1 heterocycles. The molecule has 0 unspecified atom stereocenters. The first-order chi connectivity index (χ1) is 9.61. The molecule has 0 aliphatic heterocycles. The third kappa shape index (κ3) is 3.47. The van der Waals surface area contributed by atoms with Gasteiger partial charge in [0.05, 0.1) is 12.9 Å². The Balaban J connectivity index is 2.22. The summed E-state index contributed by atoms with van der Waals surface area (Å²) in [5.41, 5.74) is 1.08. The van der Waals surface area contributed by atoms with E-state index in [0.717, 1.165) is 43.0 Å². The molecule has 108 valence electrons. The lowest BCUT2D eigenvalue weighted by atomic mass is 9.97. The Labute approximate surface area is 121 Å². The smallest absolute Gasteiger partial charge is 0.316 e. The van der Waals surface area contributed by atoms with Crippen LogP contribution in [-0.4, -0.2) is 33.6 Å². The largest absolute Gasteiger partial charge is 0.468 e. The van der Waals surface area contributed by atoms with Gasteiger partial charge in [0.15, 0.2) is 10.9 Å². The Morgan fingerprint density at radius 3 is 2.95 bits per heavy atom. The molecule has 0 atom stereocenters. The molecule has 6 nitrogen and oxygen atoms in total. The molecule has 0 N–H and O–H groups in total. The lowest BCUT2D eigenvalue weighted by Crippen LogP contribution is -2.22. The van der Waals surface area contributed by atoms with Gasteiger partial charge in [-0.3, -0.25) is 9.59 Å². The quantitative estimate of drug-likeness (QED) is 0.617. The fraction of sp³-hybridized carbons (Fsp3) is 0.538. The van der Waals surface area contributed by atoms with Crippen LogP contribution in [0.5, 0.6) is 0 Å². The molecule has 0 amide bonds. The van der Waals surface area contributed by atoms with Gasteiger partial charge in [0.25, 0.3) is 5.56 Å². The number of hydrogen-bond donors (Lipinski definition) is 0. The monoisotopic (exact) mass is 295 g/mol. The SMILES string of the molecule is COC(=O)CSc1nc(=O)c(C2=CCCCC2)nn1C. The molecular formula is C13H17N3O3S. The van der Waals surface area contributed by atoms with Crippen LogP contribution >= 0.6 is 11.8 Å². The van der Waals surface area contributed by atoms with Crippen molar-refractivity contribution < 1.29 is 9.53 Å². The van der Waals surface area contributed by atoms with Crippen molar-refractivity contribution in [2.45, 2.75) is 30.8 Å². The van der Waals surface area contributed by atoms with Gasteiger partial charge in [0.2, 0.25) is 0 Å². The molecule has 1 aliphatic rings. The number of allylic oxidation sites excluding steroid dienone is 2. The first-order valence-electron chi connectivity index (χ1n) is 6.46. The highest BCUT2D eigenvalue weighted by Gasteiger charge is 2.15. The van der Waals surface area contributed by atoms with Gasteiger partial charge in [0, 0.05) is 7.05 Å². The molecule has 0 saturated heterocycles. The Morgan fingerprint density at radius 2 is 2.30 bits per heavy atom. The van der Waals surface area contributed by atoms with Crippen molar-refractivity contribution in [3.05, 3.63) is 22.1 Å². The van der Waals surface area contributed by atoms with E-state index in [1.54, 1.807) is 11.7 Å². The van der Waals surface area contributed by atoms with Crippen molar-refractivity contribution in [2.24, 2.45) is 7.05 Å². The fourth-order valence-electron chi connectivity index (χ4n) is 2.01. The summed E-state index contributed by atoms with van der Waals surface area (Å²) in [6.07, 6.45) is 6.16. The Bertz CT molecular complexity index is 595. The van der Waals surface area contributed by atoms with Gasteiger partial charge in [-0.15, -0.1) is 0 Å². The molecule has 1 aromatic rings. The summed E-state index contributed by atoms with van der Waals surface area (Å²) in [7, 11) is 3.05. The second kappa shape index (κ2) is 6.69. The molecule has 0 saturated carbocycles. The van der Waals surface area contributed by atoms with Crippen molar-refractivity contribution in [3.63, 3.8) is 0 Å². The molecule has 0 aromatic carbocycles. The van der Waals surface area contributed by atoms with Crippen molar-refractivity contribution in [3.8, 4) is 0 Å². The van der Waals surface area contributed by atoms with Gasteiger partial charge in [-0.1, -0.05) is 17.8 Å². The molecule has 7 heteroatoms. The van der Waals surface area contributed by atoms with E-state index < -0.39 is 0 Å². The maximum absolute atomic E-state index is 12.0. The van der Waals surface area contributed by atoms with Gasteiger partial charge < -0.3 is 4.74 Å². The summed E-state index contributed by atoms with van der Waals surface area (Å²) >= 11 is 1.14. The molecule has 1 aliphatic carbocycles. The highest BCUT2D eigenvalue weighted by Crippen LogP contribution is 2.23. The number of ether oxygens (including phenoxy) is 1. The van der Waals surface area contributed by atoms with E-state index in [2.05, 4.69) is 20.9 Å². The number of rotatable bonds is 4. The first-order valence-corrected chi connectivity index (χ1v) is 7.44. The van der Waals surface area contributed by atoms with Gasteiger partial charge >= 0.3 is 5.97 Å². The second-order valence-corrected chi connectivity index (χ2v) is 5.45. The fourth-order valence-corrected chi connectivity index (χ4v) is 2.75. The van der Waals surface area contributed by atoms with E-state index in [1.807, 2.05) is 0 Å². The van der Waals surface area contributed by atoms with Crippen LogP contribution in [-0.2, 0) is 16.6 Å². The van der Waals surface area contributed by atoms with E-state index in [1.165, 1.54) is 7.11 Å². The van der Waals surface area contributed by atoms with E-state index in [-0.39, 0.29) is 17.3 Å². The Morgan fingerprint density at radius 1 is 1.50 bits per heavy atom. The van der Waals surface area contributed by atoms with E-state index in [0.29, 0.717) is 10.9 Å². The lowest BCUT2D eigenvalue weighted by molar-refractivity contribution is -0.137. The van der Waals surface area contributed by atoms with Crippen molar-refractivity contribution >= 4 is 23.3 Å². The van der Waals surface area contributed by atoms with Crippen LogP contribution in [0.25, 0.3) is 5.57 Å². The molecule has 1 aromatic heterocycles. The van der Waals surface area contributed by atoms with Crippen molar-refractivity contribution in [2.75, 3.05) is 12.9 Å². The molecule has 0 fully saturated rings. The molecule has 0 radical (unpaired) electrons. The minimum atomic E-state index is -0.358. The number of esters is 1. The summed E-state index contributed by atoms with van der Waals surface area (Å²) < 4.78 is 6.10. The highest BCUT2D eigenvalue weighted by atomic mass is 32.2. The normalized spacial score (nSPS) is 14.8. The number of aromatic nitrogens is 3. The van der Waals surface area contributed by atoms with Crippen molar-refractivity contribution in [1.82, 2.24) is 14.8 Å². The van der Waals surface area contributed by atoms with Crippen molar-refractivity contribution in [1.29, 1.82) is 0 Å². The van der Waals surface area contributed by atoms with Crippen LogP contribution in [0.4, 0.5) is 0 Å². The number of thioether (sulfide) groups is 1. The van der Waals surface area contributed by atoms with Crippen LogP contribution < -0.4 is 5.56 Å². The number of hydrogen-bond acceptors (Lipinski definition) is 6. The maximum Gasteiger partial charge on any atom is 0.316 e. The molecule has 20 heavy (non-hydrogen) atoms. The number of aryl methyl sites for hydroxylation is 1. The zero-order valence-electron chi connectivity index (χ0n) is 11.6. The summed E-state index contributed by atoms with van der Waals surface area (Å²) in [4.78, 5) is 27.2. The lowest BCUT2D eigenvalue weighted by Gasteiger charge is -2.13. The number of nitrogens with zero attached hydrogens (tertiary/aromatic N) is 3. The van der Waals surface area contributed by atoms with Gasteiger partial charge in [-0.05, 0) is 31.3 Å². The van der Waals surface area contributed by atoms with Gasteiger partial charge in [0.1, 0.15) is 0 Å². The highest BCUT2D eigenvalue weighted by molar-refractivity contribution is 7.99. The van der Waals surface area contributed by atoms with E-state index >= 15 is 0 Å². The third-order valence-corrected chi connectivity index (χ3v) is 4.06. The van der Waals surface area contributed by atoms with Crippen LogP contribution in [0.2, 0.25) is 0 Å². The average Bonchev–Trinajstić information content (AvgIpc) is 2.48. The average molecular weight is 295 g/mol. The second-order valence-electron chi connectivity index (χ2n) is 4.51. The van der Waals surface area contributed by atoms with Gasteiger partial charge in [-0.25, -0.2) is 4.68 Å². The molecule has 0 bridgehead atoms. The number of methoxy groups -OCH3 is 1. The van der Waals surface area contributed by atoms with E-state index in [4.69, 9.17) is 0 Å². The summed E-state index contributed by atoms with van der Waals surface area (Å²) in [6, 6.07) is 0. The third-order valence-electron chi connectivity index (χ3n) is 3.07. The molecule has 0 spiro atoms. The summed E-state index contributed by atoms with van der Waals surface area (Å²) in [6.45, 7) is 0. The molecular weight excluding hydrogens is 278 g/mol. The maximum atomic E-state index is 12.0. The number of carbonyl (C=O) groups is 1. The Kier molecular flexibility index (Phi) is 4.94. The predicted octanol–water partition coefficient (Wildman–Crippen LogP) is 1.40. The minimum Gasteiger partial charge on any atom is -0.468 e. The zero-order valence-corrected chi connectivity index (χ0v) is 12.4. The predicted molar refractivity (Wildman–Crippen MR) is 76.5 cm³/mol. The number of carbonyl (C=O) groups excluding carboxylic acids is 1. The topological polar surface area (TPSA) is 74.1 Å². The first kappa shape index (κ1) is 14.8. The van der Waals surface area contributed by atoms with Crippen LogP contribution in [0.15, 0.2) is 16.0 Å². The van der Waals surface area contributed by atoms with Crippen LogP contribution in [0, 0.1) is 0 Å². The molecule has 2 rings (SSSR count). The standard InChI is InChI=1S/C13H17N3O3S/c1-16-13(20-8-10(17)19-2)14-12(18)11(15-16)9-6-4-3-5-7-9/h6H,3-5,7-8H2,1-2H3. The zero-order chi connectivity index (χ0) is 14.5. The van der Waals surface area contributed by atoms with Crippen LogP contribution in [0.3, 0.4) is 0 Å². The van der Waals surface area contributed by atoms with Crippen LogP contribution in [0.1, 0.15) is 31.4 Å². The van der Waals surface area contributed by atoms with E-state index in [9.17, 15) is 9.59 Å². The minimum absolute atomic E-state index is 0.112. The summed E-state index contributed by atoms with van der Waals surface area (Å²) in [5.74, 6) is -0.246. The summed E-state index contributed by atoms with van der Waals surface area (Å²) in [5, 5.41) is 4.72.